The van der Waals surface area contributed by atoms with Crippen LogP contribution in [-0.2, 0) is 0 Å². The van der Waals surface area contributed by atoms with E-state index < -0.39 is 0 Å². The van der Waals surface area contributed by atoms with E-state index in [1.165, 1.54) is 32.1 Å². The topological polar surface area (TPSA) is 12.0 Å². The van der Waals surface area contributed by atoms with E-state index in [-0.39, 0.29) is 0 Å². The molecule has 0 atom stereocenters. The van der Waals surface area contributed by atoms with Crippen LogP contribution in [0.4, 0.5) is 0 Å². The van der Waals surface area contributed by atoms with Crippen molar-refractivity contribution in [2.75, 3.05) is 13.1 Å². The van der Waals surface area contributed by atoms with Crippen molar-refractivity contribution in [2.45, 2.75) is 73.6 Å². The molecule has 0 unspecified atom stereocenters. The first kappa shape index (κ1) is 16.0. The summed E-state index contributed by atoms with van der Waals surface area (Å²) in [5.41, 5.74) is 0.923. The average Bonchev–Trinajstić information content (AvgIpc) is 2.11. The van der Waals surface area contributed by atoms with Gasteiger partial charge in [-0.3, -0.25) is 0 Å². The van der Waals surface area contributed by atoms with Gasteiger partial charge in [-0.1, -0.05) is 60.8 Å². The standard InChI is InChI=1S/C15H33N/c1-7-8-9-10-15(5,6)13-16-12-11-14(2,3)4/h16H,7-13H2,1-6H3. The fourth-order valence-corrected chi connectivity index (χ4v) is 1.83. The van der Waals surface area contributed by atoms with Crippen LogP contribution in [0.25, 0.3) is 0 Å². The van der Waals surface area contributed by atoms with E-state index in [2.05, 4.69) is 46.9 Å². The van der Waals surface area contributed by atoms with E-state index in [0.29, 0.717) is 10.8 Å². The lowest BCUT2D eigenvalue weighted by Gasteiger charge is -2.26. The molecule has 1 N–H and O–H groups in total. The maximum absolute atomic E-state index is 3.61. The number of nitrogens with one attached hydrogen (secondary N) is 1. The highest BCUT2D eigenvalue weighted by atomic mass is 14.9. The molecule has 0 fully saturated rings. The fraction of sp³-hybridized carbons (Fsp3) is 1.00. The summed E-state index contributed by atoms with van der Waals surface area (Å²) in [6.07, 6.45) is 6.70. The second-order valence-corrected chi connectivity index (χ2v) is 7.11. The molecule has 0 amide bonds. The Hall–Kier alpha value is -0.0400. The van der Waals surface area contributed by atoms with Crippen LogP contribution in [0.2, 0.25) is 0 Å². The van der Waals surface area contributed by atoms with E-state index in [1.807, 2.05) is 0 Å². The molecule has 0 saturated heterocycles. The summed E-state index contributed by atoms with van der Waals surface area (Å²) in [5.74, 6) is 0. The Labute approximate surface area is 103 Å². The summed E-state index contributed by atoms with van der Waals surface area (Å²) in [5, 5.41) is 3.61. The molecule has 0 aliphatic carbocycles. The van der Waals surface area contributed by atoms with Crippen LogP contribution >= 0.6 is 0 Å². The molecule has 0 heterocycles. The van der Waals surface area contributed by atoms with Crippen molar-refractivity contribution in [3.63, 3.8) is 0 Å². The third kappa shape index (κ3) is 10.5. The van der Waals surface area contributed by atoms with Crippen LogP contribution in [0.3, 0.4) is 0 Å². The smallest absolute Gasteiger partial charge is 0.000252 e. The highest BCUT2D eigenvalue weighted by molar-refractivity contribution is 4.72. The molecule has 0 radical (unpaired) electrons. The van der Waals surface area contributed by atoms with Crippen molar-refractivity contribution in [2.24, 2.45) is 10.8 Å². The van der Waals surface area contributed by atoms with E-state index in [0.717, 1.165) is 13.1 Å². The fourth-order valence-electron chi connectivity index (χ4n) is 1.83. The minimum Gasteiger partial charge on any atom is -0.316 e. The van der Waals surface area contributed by atoms with E-state index >= 15 is 0 Å². The molecule has 0 aromatic heterocycles. The minimum atomic E-state index is 0.458. The normalized spacial score (nSPS) is 13.1. The lowest BCUT2D eigenvalue weighted by atomic mass is 9.86. The van der Waals surface area contributed by atoms with Crippen LogP contribution in [-0.4, -0.2) is 13.1 Å². The molecule has 16 heavy (non-hydrogen) atoms. The summed E-state index contributed by atoms with van der Waals surface area (Å²) in [6, 6.07) is 0. The molecule has 0 saturated carbocycles. The average molecular weight is 227 g/mol. The quantitative estimate of drug-likeness (QED) is 0.597. The molecule has 0 aliphatic heterocycles. The van der Waals surface area contributed by atoms with E-state index in [9.17, 15) is 0 Å². The predicted octanol–water partition coefficient (Wildman–Crippen LogP) is 4.62. The Kier molecular flexibility index (Phi) is 7.30. The van der Waals surface area contributed by atoms with Crippen molar-refractivity contribution < 1.29 is 0 Å². The highest BCUT2D eigenvalue weighted by Gasteiger charge is 2.17. The van der Waals surface area contributed by atoms with Gasteiger partial charge in [0.15, 0.2) is 0 Å². The first-order valence-electron chi connectivity index (χ1n) is 6.97. The summed E-state index contributed by atoms with van der Waals surface area (Å²) in [7, 11) is 0. The van der Waals surface area contributed by atoms with Gasteiger partial charge in [-0.25, -0.2) is 0 Å². The largest absolute Gasteiger partial charge is 0.316 e. The van der Waals surface area contributed by atoms with Gasteiger partial charge in [-0.2, -0.15) is 0 Å². The van der Waals surface area contributed by atoms with Gasteiger partial charge in [0, 0.05) is 6.54 Å². The first-order valence-corrected chi connectivity index (χ1v) is 6.97. The van der Waals surface area contributed by atoms with Crippen molar-refractivity contribution in [1.82, 2.24) is 5.32 Å². The third-order valence-corrected chi connectivity index (χ3v) is 3.11. The molecule has 1 heteroatoms. The molecule has 0 aromatic carbocycles. The monoisotopic (exact) mass is 227 g/mol. The highest BCUT2D eigenvalue weighted by Crippen LogP contribution is 2.23. The molecule has 98 valence electrons. The maximum Gasteiger partial charge on any atom is 0.000252 e. The first-order chi connectivity index (χ1) is 7.27. The van der Waals surface area contributed by atoms with Crippen molar-refractivity contribution in [3.8, 4) is 0 Å². The van der Waals surface area contributed by atoms with Gasteiger partial charge in [0.25, 0.3) is 0 Å². The molecular weight excluding hydrogens is 194 g/mol. The number of rotatable bonds is 8. The zero-order valence-corrected chi connectivity index (χ0v) is 12.4. The van der Waals surface area contributed by atoms with Crippen LogP contribution in [0.5, 0.6) is 0 Å². The van der Waals surface area contributed by atoms with Crippen molar-refractivity contribution >= 4 is 0 Å². The Morgan fingerprint density at radius 2 is 1.50 bits per heavy atom. The Balaban J connectivity index is 3.57. The molecule has 0 aliphatic rings. The Morgan fingerprint density at radius 3 is 2.00 bits per heavy atom. The van der Waals surface area contributed by atoms with Gasteiger partial charge in [0.1, 0.15) is 0 Å². The van der Waals surface area contributed by atoms with Crippen LogP contribution in [0.1, 0.15) is 73.6 Å². The molecule has 0 spiro atoms. The Morgan fingerprint density at radius 1 is 0.875 bits per heavy atom. The van der Waals surface area contributed by atoms with Gasteiger partial charge in [-0.15, -0.1) is 0 Å². The van der Waals surface area contributed by atoms with E-state index in [4.69, 9.17) is 0 Å². The third-order valence-electron chi connectivity index (χ3n) is 3.11. The molecule has 0 aromatic rings. The zero-order valence-electron chi connectivity index (χ0n) is 12.4. The maximum atomic E-state index is 3.61. The lowest BCUT2D eigenvalue weighted by Crippen LogP contribution is -2.31. The van der Waals surface area contributed by atoms with E-state index in [1.54, 1.807) is 0 Å². The van der Waals surface area contributed by atoms with Gasteiger partial charge in [-0.05, 0) is 30.2 Å². The van der Waals surface area contributed by atoms with Crippen LogP contribution in [0, 0.1) is 10.8 Å². The molecule has 0 rings (SSSR count). The summed E-state index contributed by atoms with van der Waals surface area (Å²) in [4.78, 5) is 0. The molecule has 1 nitrogen and oxygen atoms in total. The van der Waals surface area contributed by atoms with Crippen LogP contribution in [0.15, 0.2) is 0 Å². The summed E-state index contributed by atoms with van der Waals surface area (Å²) >= 11 is 0. The minimum absolute atomic E-state index is 0.458. The van der Waals surface area contributed by atoms with Gasteiger partial charge >= 0.3 is 0 Å². The van der Waals surface area contributed by atoms with Gasteiger partial charge in [0.2, 0.25) is 0 Å². The van der Waals surface area contributed by atoms with Gasteiger partial charge in [0.05, 0.1) is 0 Å². The number of hydrogen-bond donors (Lipinski definition) is 1. The van der Waals surface area contributed by atoms with Crippen molar-refractivity contribution in [1.29, 1.82) is 0 Å². The van der Waals surface area contributed by atoms with Crippen LogP contribution < -0.4 is 5.32 Å². The number of hydrogen-bond acceptors (Lipinski definition) is 1. The predicted molar refractivity (Wildman–Crippen MR) is 74.9 cm³/mol. The second kappa shape index (κ2) is 7.32. The molecular formula is C15H33N. The van der Waals surface area contributed by atoms with Crippen molar-refractivity contribution in [3.05, 3.63) is 0 Å². The SMILES string of the molecule is CCCCCC(C)(C)CNCCC(C)(C)C. The zero-order chi connectivity index (χ0) is 12.7. The second-order valence-electron chi connectivity index (χ2n) is 7.11. The molecule has 0 bridgehead atoms. The Bertz CT molecular complexity index is 165. The van der Waals surface area contributed by atoms with Gasteiger partial charge < -0.3 is 5.32 Å². The lowest BCUT2D eigenvalue weighted by molar-refractivity contribution is 0.288. The summed E-state index contributed by atoms with van der Waals surface area (Å²) < 4.78 is 0. The summed E-state index contributed by atoms with van der Waals surface area (Å²) in [6.45, 7) is 16.3. The number of unbranched alkanes of at least 4 members (excludes halogenated alkanes) is 2.